The van der Waals surface area contributed by atoms with Crippen LogP contribution in [-0.2, 0) is 9.53 Å². The number of hydrogen-bond acceptors (Lipinski definition) is 3. The zero-order chi connectivity index (χ0) is 14.0. The number of carbonyl (C=O) groups excluding carboxylic acids is 2. The first-order valence-corrected chi connectivity index (χ1v) is 6.00. The summed E-state index contributed by atoms with van der Waals surface area (Å²) in [6.07, 6.45) is 0. The predicted molar refractivity (Wildman–Crippen MR) is 70.9 cm³/mol. The van der Waals surface area contributed by atoms with Crippen molar-refractivity contribution in [2.45, 2.75) is 34.6 Å². The highest BCUT2D eigenvalue weighted by Gasteiger charge is 2.26. The summed E-state index contributed by atoms with van der Waals surface area (Å²) in [4.78, 5) is 23.9. The van der Waals surface area contributed by atoms with Crippen molar-refractivity contribution in [3.63, 3.8) is 0 Å². The van der Waals surface area contributed by atoms with Gasteiger partial charge >= 0.3 is 5.97 Å². The van der Waals surface area contributed by atoms with Gasteiger partial charge in [0.05, 0.1) is 7.11 Å². The summed E-state index contributed by atoms with van der Waals surface area (Å²) in [5, 5.41) is 0. The van der Waals surface area contributed by atoms with Crippen LogP contribution >= 0.6 is 0 Å². The summed E-state index contributed by atoms with van der Waals surface area (Å²) in [7, 11) is 1.30. The van der Waals surface area contributed by atoms with Crippen LogP contribution in [0.25, 0.3) is 0 Å². The standard InChI is InChI=1S/C15H20O3/c1-8-7-9(2)11(4)13(10(8)3)14(16)12(5)15(17)18-6/h7,12H,1-6H3. The maximum absolute atomic E-state index is 12.4. The predicted octanol–water partition coefficient (Wildman–Crippen LogP) is 2.91. The zero-order valence-electron chi connectivity index (χ0n) is 11.9. The molecule has 0 heterocycles. The van der Waals surface area contributed by atoms with Gasteiger partial charge in [0.1, 0.15) is 5.92 Å². The number of esters is 1. The molecule has 0 N–H and O–H groups in total. The van der Waals surface area contributed by atoms with Gasteiger partial charge in [-0.2, -0.15) is 0 Å². The summed E-state index contributed by atoms with van der Waals surface area (Å²) < 4.78 is 4.64. The Balaban J connectivity index is 3.33. The molecule has 0 aliphatic heterocycles. The molecule has 0 saturated heterocycles. The highest BCUT2D eigenvalue weighted by molar-refractivity contribution is 6.10. The second-order valence-corrected chi connectivity index (χ2v) is 4.74. The average Bonchev–Trinajstić information content (AvgIpc) is 2.34. The lowest BCUT2D eigenvalue weighted by Crippen LogP contribution is -2.24. The van der Waals surface area contributed by atoms with Crippen LogP contribution in [0, 0.1) is 33.6 Å². The van der Waals surface area contributed by atoms with Gasteiger partial charge in [-0.15, -0.1) is 0 Å². The quantitative estimate of drug-likeness (QED) is 0.469. The van der Waals surface area contributed by atoms with E-state index in [-0.39, 0.29) is 5.78 Å². The van der Waals surface area contributed by atoms with Crippen molar-refractivity contribution in [1.29, 1.82) is 0 Å². The Labute approximate surface area is 108 Å². The summed E-state index contributed by atoms with van der Waals surface area (Å²) in [5.41, 5.74) is 4.68. The van der Waals surface area contributed by atoms with E-state index in [4.69, 9.17) is 0 Å². The minimum absolute atomic E-state index is 0.163. The van der Waals surface area contributed by atoms with E-state index in [1.54, 1.807) is 6.92 Å². The number of rotatable bonds is 3. The molecule has 0 spiro atoms. The van der Waals surface area contributed by atoms with E-state index < -0.39 is 11.9 Å². The van der Waals surface area contributed by atoms with Crippen LogP contribution in [0.5, 0.6) is 0 Å². The number of carbonyl (C=O) groups is 2. The fourth-order valence-corrected chi connectivity index (χ4v) is 2.09. The van der Waals surface area contributed by atoms with Crippen molar-refractivity contribution in [2.24, 2.45) is 5.92 Å². The summed E-state index contributed by atoms with van der Waals surface area (Å²) >= 11 is 0. The van der Waals surface area contributed by atoms with Crippen LogP contribution in [0.2, 0.25) is 0 Å². The van der Waals surface area contributed by atoms with E-state index in [0.717, 1.165) is 22.3 Å². The van der Waals surface area contributed by atoms with E-state index in [0.29, 0.717) is 5.56 Å². The molecule has 0 fully saturated rings. The van der Waals surface area contributed by atoms with Crippen LogP contribution in [0.15, 0.2) is 6.07 Å². The molecule has 1 rings (SSSR count). The maximum Gasteiger partial charge on any atom is 0.316 e. The van der Waals surface area contributed by atoms with Crippen LogP contribution in [0.1, 0.15) is 39.5 Å². The van der Waals surface area contributed by atoms with E-state index in [1.807, 2.05) is 27.7 Å². The largest absolute Gasteiger partial charge is 0.468 e. The lowest BCUT2D eigenvalue weighted by Gasteiger charge is -2.16. The molecule has 1 atom stereocenters. The van der Waals surface area contributed by atoms with Crippen LogP contribution in [-0.4, -0.2) is 18.9 Å². The number of Topliss-reactive ketones (excluding diaryl/α,β-unsaturated/α-hetero) is 1. The third-order valence-electron chi connectivity index (χ3n) is 3.56. The molecule has 1 aromatic carbocycles. The first-order valence-electron chi connectivity index (χ1n) is 6.00. The van der Waals surface area contributed by atoms with Gasteiger partial charge < -0.3 is 4.74 Å². The third-order valence-corrected chi connectivity index (χ3v) is 3.56. The van der Waals surface area contributed by atoms with Gasteiger partial charge in [0.25, 0.3) is 0 Å². The topological polar surface area (TPSA) is 43.4 Å². The number of ketones is 1. The van der Waals surface area contributed by atoms with E-state index >= 15 is 0 Å². The summed E-state index contributed by atoms with van der Waals surface area (Å²) in [6.45, 7) is 9.37. The van der Waals surface area contributed by atoms with Gasteiger partial charge in [0.2, 0.25) is 0 Å². The number of benzene rings is 1. The lowest BCUT2D eigenvalue weighted by molar-refractivity contribution is -0.143. The van der Waals surface area contributed by atoms with E-state index in [1.165, 1.54) is 7.11 Å². The average molecular weight is 248 g/mol. The van der Waals surface area contributed by atoms with Gasteiger partial charge in [-0.1, -0.05) is 6.07 Å². The number of ether oxygens (including phenoxy) is 1. The molecule has 1 unspecified atom stereocenters. The second kappa shape index (κ2) is 5.34. The third kappa shape index (κ3) is 2.45. The van der Waals surface area contributed by atoms with Crippen LogP contribution < -0.4 is 0 Å². The summed E-state index contributed by atoms with van der Waals surface area (Å²) in [5.74, 6) is -1.41. The highest BCUT2D eigenvalue weighted by Crippen LogP contribution is 2.24. The van der Waals surface area contributed by atoms with E-state index in [9.17, 15) is 9.59 Å². The Morgan fingerprint density at radius 3 is 1.89 bits per heavy atom. The van der Waals surface area contributed by atoms with Crippen LogP contribution in [0.3, 0.4) is 0 Å². The minimum Gasteiger partial charge on any atom is -0.468 e. The van der Waals surface area contributed by atoms with Crippen molar-refractivity contribution < 1.29 is 14.3 Å². The number of aryl methyl sites for hydroxylation is 2. The second-order valence-electron chi connectivity index (χ2n) is 4.74. The number of methoxy groups -OCH3 is 1. The van der Waals surface area contributed by atoms with Crippen molar-refractivity contribution >= 4 is 11.8 Å². The Kier molecular flexibility index (Phi) is 4.28. The molecule has 98 valence electrons. The monoisotopic (exact) mass is 248 g/mol. The van der Waals surface area contributed by atoms with Crippen molar-refractivity contribution in [3.8, 4) is 0 Å². The molecule has 0 radical (unpaired) electrons. The molecule has 0 aliphatic rings. The van der Waals surface area contributed by atoms with Gasteiger partial charge in [-0.25, -0.2) is 0 Å². The summed E-state index contributed by atoms with van der Waals surface area (Å²) in [6, 6.07) is 2.06. The van der Waals surface area contributed by atoms with Gasteiger partial charge in [-0.3, -0.25) is 9.59 Å². The van der Waals surface area contributed by atoms with Crippen molar-refractivity contribution in [2.75, 3.05) is 7.11 Å². The zero-order valence-corrected chi connectivity index (χ0v) is 11.9. The van der Waals surface area contributed by atoms with Gasteiger partial charge in [0.15, 0.2) is 5.78 Å². The SMILES string of the molecule is COC(=O)C(C)C(=O)c1c(C)c(C)cc(C)c1C. The lowest BCUT2D eigenvalue weighted by atomic mass is 9.87. The number of hydrogen-bond donors (Lipinski definition) is 0. The minimum atomic E-state index is -0.756. The Morgan fingerprint density at radius 1 is 1.06 bits per heavy atom. The smallest absolute Gasteiger partial charge is 0.316 e. The first kappa shape index (κ1) is 14.4. The Morgan fingerprint density at radius 2 is 1.50 bits per heavy atom. The molecule has 18 heavy (non-hydrogen) atoms. The fraction of sp³-hybridized carbons (Fsp3) is 0.467. The molecular weight excluding hydrogens is 228 g/mol. The maximum atomic E-state index is 12.4. The van der Waals surface area contributed by atoms with Gasteiger partial charge in [-0.05, 0) is 56.9 Å². The molecule has 0 saturated carbocycles. The Bertz CT molecular complexity index is 475. The molecule has 0 aliphatic carbocycles. The fourth-order valence-electron chi connectivity index (χ4n) is 2.09. The molecule has 0 amide bonds. The van der Waals surface area contributed by atoms with E-state index in [2.05, 4.69) is 10.8 Å². The molecule has 0 aromatic heterocycles. The van der Waals surface area contributed by atoms with Crippen LogP contribution in [0.4, 0.5) is 0 Å². The molecular formula is C15H20O3. The first-order chi connectivity index (χ1) is 8.31. The molecule has 3 heteroatoms. The normalized spacial score (nSPS) is 12.1. The van der Waals surface area contributed by atoms with Gasteiger partial charge in [0, 0.05) is 5.56 Å². The van der Waals surface area contributed by atoms with Crippen molar-refractivity contribution in [3.05, 3.63) is 33.9 Å². The van der Waals surface area contributed by atoms with Crippen molar-refractivity contribution in [1.82, 2.24) is 0 Å². The molecule has 1 aromatic rings. The highest BCUT2D eigenvalue weighted by atomic mass is 16.5. The molecule has 0 bridgehead atoms. The Hall–Kier alpha value is -1.64. The molecule has 3 nitrogen and oxygen atoms in total.